The Morgan fingerprint density at radius 1 is 0.641 bits per heavy atom. The molecule has 0 saturated carbocycles. The van der Waals surface area contributed by atoms with Crippen LogP contribution in [0.4, 0.5) is 0 Å². The second kappa shape index (κ2) is 14.0. The summed E-state index contributed by atoms with van der Waals surface area (Å²) in [6, 6.07) is 30.3. The van der Waals surface area contributed by atoms with Crippen LogP contribution in [0.25, 0.3) is 0 Å². The zero-order valence-electron chi connectivity index (χ0n) is 24.0. The van der Waals surface area contributed by atoms with Crippen LogP contribution in [0.3, 0.4) is 0 Å². The largest absolute Gasteiger partial charge is 0.507 e. The van der Waals surface area contributed by atoms with E-state index < -0.39 is 16.7 Å². The van der Waals surface area contributed by atoms with Crippen LogP contribution in [-0.4, -0.2) is 19.4 Å². The molecule has 0 atom stereocenters. The Bertz CT molecular complexity index is 1250. The number of benzene rings is 4. The van der Waals surface area contributed by atoms with Gasteiger partial charge >= 0.3 is 0 Å². The van der Waals surface area contributed by atoms with Gasteiger partial charge in [-0.05, 0) is 85.0 Å². The van der Waals surface area contributed by atoms with E-state index >= 15 is 0 Å². The number of unbranched alkanes of at least 4 members (excludes halogenated alkanes) is 2. The molecule has 4 heteroatoms. The fourth-order valence-electron chi connectivity index (χ4n) is 5.48. The van der Waals surface area contributed by atoms with Gasteiger partial charge in [0, 0.05) is 16.2 Å². The summed E-state index contributed by atoms with van der Waals surface area (Å²) in [4.78, 5) is 0. The smallest absolute Gasteiger partial charge is 0.126 e. The predicted molar refractivity (Wildman–Crippen MR) is 172 cm³/mol. The first-order valence-electron chi connectivity index (χ1n) is 14.4. The van der Waals surface area contributed by atoms with Gasteiger partial charge in [0.15, 0.2) is 0 Å². The summed E-state index contributed by atoms with van der Waals surface area (Å²) >= 11 is 0. The zero-order chi connectivity index (χ0) is 27.8. The number of rotatable bonds is 12. The number of hydrogen-bond acceptors (Lipinski definition) is 2. The summed E-state index contributed by atoms with van der Waals surface area (Å²) in [5.74, 6) is 0.895. The molecule has 0 unspecified atom stereocenters. The molecule has 0 heterocycles. The Balaban J connectivity index is 1.92. The highest BCUT2D eigenvalue weighted by Gasteiger charge is 2.29. The van der Waals surface area contributed by atoms with Gasteiger partial charge in [-0.1, -0.05) is 107 Å². The van der Waals surface area contributed by atoms with Crippen LogP contribution in [0, 0.1) is 13.8 Å². The number of phenolic OH excluding ortho intramolecular Hbond substituents is 2. The Labute approximate surface area is 238 Å². The fourth-order valence-corrected chi connectivity index (χ4v) is 14.0. The average Bonchev–Trinajstić information content (AvgIpc) is 2.95. The topological polar surface area (TPSA) is 40.5 Å². The van der Waals surface area contributed by atoms with Crippen LogP contribution in [0.2, 0.25) is 0 Å². The Morgan fingerprint density at radius 2 is 1.05 bits per heavy atom. The standard InChI is InChI=1S/C35H43O2PSi/c1-5-7-15-29-21-25(3)23-31(33(29)36)38(32-24-26(4)22-30(34(32)37)16-8-6-2)39-35(27-17-11-9-12-18-27)28-19-13-10-14-20-28/h9-14,17-24,35-37H,5-8,15-16,39H2,1-4H3. The molecule has 4 rings (SSSR count). The molecule has 2 N–H and O–H groups in total. The van der Waals surface area contributed by atoms with Gasteiger partial charge in [0.2, 0.25) is 0 Å². The van der Waals surface area contributed by atoms with E-state index in [0.717, 1.165) is 60.3 Å². The third-order valence-electron chi connectivity index (χ3n) is 7.58. The molecule has 0 saturated heterocycles. The van der Waals surface area contributed by atoms with Crippen LogP contribution < -0.4 is 10.6 Å². The van der Waals surface area contributed by atoms with Gasteiger partial charge in [0.25, 0.3) is 0 Å². The zero-order valence-corrected chi connectivity index (χ0v) is 26.3. The molecule has 0 bridgehead atoms. The second-order valence-electron chi connectivity index (χ2n) is 10.8. The minimum Gasteiger partial charge on any atom is -0.507 e. The van der Waals surface area contributed by atoms with Gasteiger partial charge < -0.3 is 10.2 Å². The summed E-state index contributed by atoms with van der Waals surface area (Å²) in [5.41, 5.74) is 7.37. The molecule has 0 fully saturated rings. The predicted octanol–water partition coefficient (Wildman–Crippen LogP) is 7.71. The van der Waals surface area contributed by atoms with Crippen molar-refractivity contribution in [1.29, 1.82) is 0 Å². The Hall–Kier alpha value is -2.87. The molecule has 39 heavy (non-hydrogen) atoms. The maximum Gasteiger partial charge on any atom is 0.126 e. The van der Waals surface area contributed by atoms with Gasteiger partial charge in [-0.15, -0.1) is 0 Å². The molecule has 4 aromatic carbocycles. The normalized spacial score (nSPS) is 11.7. The minimum atomic E-state index is -0.954. The van der Waals surface area contributed by atoms with E-state index in [1.54, 1.807) is 0 Å². The van der Waals surface area contributed by atoms with Crippen molar-refractivity contribution in [3.8, 4) is 11.5 Å². The van der Waals surface area contributed by atoms with Crippen LogP contribution in [0.1, 0.15) is 78.5 Å². The lowest BCUT2D eigenvalue weighted by Crippen LogP contribution is -2.23. The van der Waals surface area contributed by atoms with Crippen molar-refractivity contribution in [1.82, 2.24) is 0 Å². The van der Waals surface area contributed by atoms with Crippen LogP contribution in [0.15, 0.2) is 84.9 Å². The van der Waals surface area contributed by atoms with Gasteiger partial charge in [-0.3, -0.25) is 0 Å². The first-order valence-corrected chi connectivity index (χ1v) is 18.7. The van der Waals surface area contributed by atoms with Crippen molar-refractivity contribution in [2.75, 3.05) is 0 Å². The monoisotopic (exact) mass is 554 g/mol. The van der Waals surface area contributed by atoms with Crippen LogP contribution >= 0.6 is 7.47 Å². The lowest BCUT2D eigenvalue weighted by Gasteiger charge is -2.28. The van der Waals surface area contributed by atoms with Crippen molar-refractivity contribution in [3.63, 3.8) is 0 Å². The third-order valence-corrected chi connectivity index (χ3v) is 15.3. The second-order valence-corrected chi connectivity index (χ2v) is 16.8. The molecule has 0 radical (unpaired) electrons. The number of aromatic hydroxyl groups is 2. The molecule has 0 amide bonds. The molecule has 0 spiro atoms. The van der Waals surface area contributed by atoms with E-state index in [0.29, 0.717) is 11.5 Å². The maximum absolute atomic E-state index is 11.8. The van der Waals surface area contributed by atoms with Gasteiger partial charge in [-0.2, -0.15) is 0 Å². The molecule has 204 valence electrons. The van der Waals surface area contributed by atoms with Crippen molar-refractivity contribution in [3.05, 3.63) is 118 Å². The lowest BCUT2D eigenvalue weighted by atomic mass is 10.0. The van der Waals surface area contributed by atoms with Crippen molar-refractivity contribution < 1.29 is 10.2 Å². The summed E-state index contributed by atoms with van der Waals surface area (Å²) in [6.07, 6.45) is 6.05. The molecule has 2 nitrogen and oxygen atoms in total. The summed E-state index contributed by atoms with van der Waals surface area (Å²) < 4.78 is 0. The van der Waals surface area contributed by atoms with Crippen molar-refractivity contribution in [2.45, 2.75) is 71.8 Å². The van der Waals surface area contributed by atoms with Crippen molar-refractivity contribution >= 4 is 27.3 Å². The molecule has 0 aliphatic carbocycles. The Morgan fingerprint density at radius 3 is 1.44 bits per heavy atom. The van der Waals surface area contributed by atoms with E-state index in [-0.39, 0.29) is 5.54 Å². The highest BCUT2D eigenvalue weighted by atomic mass is 31.4. The van der Waals surface area contributed by atoms with Crippen LogP contribution in [-0.2, 0) is 12.8 Å². The SMILES string of the molecule is CCCCc1cc(C)cc(P([SiH2]C(c2ccccc2)c2ccccc2)c2cc(C)cc(CCCC)c2O)c1O. The molecule has 4 aromatic rings. The van der Waals surface area contributed by atoms with E-state index in [4.69, 9.17) is 0 Å². The molecular formula is C35H43O2PSi. The van der Waals surface area contributed by atoms with Gasteiger partial charge in [0.1, 0.15) is 11.5 Å². The molecule has 0 aliphatic heterocycles. The average molecular weight is 555 g/mol. The van der Waals surface area contributed by atoms with E-state index in [2.05, 4.69) is 113 Å². The van der Waals surface area contributed by atoms with Gasteiger partial charge in [-0.25, -0.2) is 0 Å². The fraction of sp³-hybridized carbons (Fsp3) is 0.314. The number of hydrogen-bond donors (Lipinski definition) is 2. The van der Waals surface area contributed by atoms with Gasteiger partial charge in [0.05, 0.1) is 9.19 Å². The first-order chi connectivity index (χ1) is 18.9. The van der Waals surface area contributed by atoms with E-state index in [9.17, 15) is 10.2 Å². The summed E-state index contributed by atoms with van der Waals surface area (Å²) in [7, 11) is -1.89. The third kappa shape index (κ3) is 7.21. The Kier molecular flexibility index (Phi) is 10.4. The van der Waals surface area contributed by atoms with E-state index in [1.807, 2.05) is 0 Å². The number of aryl methyl sites for hydroxylation is 4. The molecule has 0 aromatic heterocycles. The first kappa shape index (κ1) is 29.1. The highest BCUT2D eigenvalue weighted by molar-refractivity contribution is 7.97. The molecule has 0 aliphatic rings. The van der Waals surface area contributed by atoms with E-state index in [1.165, 1.54) is 22.3 Å². The minimum absolute atomic E-state index is 0.275. The summed E-state index contributed by atoms with van der Waals surface area (Å²) in [5, 5.41) is 25.6. The van der Waals surface area contributed by atoms with Crippen molar-refractivity contribution in [2.24, 2.45) is 0 Å². The molecular weight excluding hydrogens is 511 g/mol. The maximum atomic E-state index is 11.8. The number of phenols is 2. The van der Waals surface area contributed by atoms with Crippen LogP contribution in [0.5, 0.6) is 11.5 Å². The quantitative estimate of drug-likeness (QED) is 0.139. The summed E-state index contributed by atoms with van der Waals surface area (Å²) in [6.45, 7) is 8.67. The lowest BCUT2D eigenvalue weighted by molar-refractivity contribution is 0.470. The highest BCUT2D eigenvalue weighted by Crippen LogP contribution is 2.45.